The lowest BCUT2D eigenvalue weighted by Gasteiger charge is -2.27. The monoisotopic (exact) mass is 263 g/mol. The van der Waals surface area contributed by atoms with E-state index in [1.807, 2.05) is 11.8 Å². The van der Waals surface area contributed by atoms with Gasteiger partial charge in [0.15, 0.2) is 0 Å². The first-order chi connectivity index (χ1) is 8.66. The Morgan fingerprint density at radius 1 is 1.17 bits per heavy atom. The van der Waals surface area contributed by atoms with Gasteiger partial charge in [0, 0.05) is 16.7 Å². The van der Waals surface area contributed by atoms with Crippen LogP contribution in [0, 0.1) is 19.8 Å². The lowest BCUT2D eigenvalue weighted by atomic mass is 9.85. The van der Waals surface area contributed by atoms with E-state index in [-0.39, 0.29) is 0 Å². The Morgan fingerprint density at radius 3 is 2.56 bits per heavy atom. The highest BCUT2D eigenvalue weighted by Crippen LogP contribution is 2.29. The second-order valence-electron chi connectivity index (χ2n) is 5.62. The maximum absolute atomic E-state index is 6.34. The number of aryl methyl sites for hydroxylation is 2. The van der Waals surface area contributed by atoms with E-state index in [1.165, 1.54) is 48.1 Å². The topological polar surface area (TPSA) is 26.0 Å². The fourth-order valence-electron chi connectivity index (χ4n) is 2.69. The number of rotatable bonds is 4. The van der Waals surface area contributed by atoms with Crippen molar-refractivity contribution < 1.29 is 0 Å². The van der Waals surface area contributed by atoms with Gasteiger partial charge >= 0.3 is 0 Å². The molecular formula is C16H25NS. The average Bonchev–Trinajstić information content (AvgIpc) is 2.41. The summed E-state index contributed by atoms with van der Waals surface area (Å²) >= 11 is 1.92. The Kier molecular flexibility index (Phi) is 5.13. The van der Waals surface area contributed by atoms with Crippen molar-refractivity contribution in [3.63, 3.8) is 0 Å². The van der Waals surface area contributed by atoms with E-state index in [0.29, 0.717) is 6.04 Å². The molecule has 1 saturated carbocycles. The summed E-state index contributed by atoms with van der Waals surface area (Å²) in [5.74, 6) is 1.82. The maximum atomic E-state index is 6.34. The van der Waals surface area contributed by atoms with E-state index in [4.69, 9.17) is 5.73 Å². The Hall–Kier alpha value is -0.470. The summed E-state index contributed by atoms with van der Waals surface area (Å²) in [4.78, 5) is 1.37. The van der Waals surface area contributed by atoms with Crippen LogP contribution in [-0.4, -0.2) is 11.8 Å². The molecule has 2 N–H and O–H groups in total. The van der Waals surface area contributed by atoms with Gasteiger partial charge in [0.25, 0.3) is 0 Å². The van der Waals surface area contributed by atoms with Gasteiger partial charge in [0.1, 0.15) is 0 Å². The van der Waals surface area contributed by atoms with Crippen LogP contribution in [0.5, 0.6) is 0 Å². The first-order valence-electron chi connectivity index (χ1n) is 7.12. The Bertz CT molecular complexity index is 383. The van der Waals surface area contributed by atoms with Gasteiger partial charge in [-0.25, -0.2) is 0 Å². The van der Waals surface area contributed by atoms with Gasteiger partial charge in [0.05, 0.1) is 0 Å². The summed E-state index contributed by atoms with van der Waals surface area (Å²) in [6.07, 6.45) is 6.86. The minimum absolute atomic E-state index is 0.372. The van der Waals surface area contributed by atoms with E-state index >= 15 is 0 Å². The molecule has 0 amide bonds. The standard InChI is InChI=1S/C16H25NS/c1-12-8-9-15(10-13(12)2)18-11-16(17)14-6-4-3-5-7-14/h8-10,14,16H,3-7,11,17H2,1-2H3. The van der Waals surface area contributed by atoms with Crippen molar-refractivity contribution in [2.24, 2.45) is 11.7 Å². The first-order valence-corrected chi connectivity index (χ1v) is 8.11. The molecule has 0 spiro atoms. The van der Waals surface area contributed by atoms with Crippen LogP contribution in [0.2, 0.25) is 0 Å². The highest BCUT2D eigenvalue weighted by Gasteiger charge is 2.20. The third kappa shape index (κ3) is 3.76. The molecule has 2 rings (SSSR count). The highest BCUT2D eigenvalue weighted by molar-refractivity contribution is 7.99. The quantitative estimate of drug-likeness (QED) is 0.819. The molecule has 1 aromatic rings. The Balaban J connectivity index is 1.84. The number of hydrogen-bond acceptors (Lipinski definition) is 2. The SMILES string of the molecule is Cc1ccc(SCC(N)C2CCCCC2)cc1C. The van der Waals surface area contributed by atoms with Gasteiger partial charge in [-0.3, -0.25) is 0 Å². The van der Waals surface area contributed by atoms with Crippen LogP contribution in [0.1, 0.15) is 43.2 Å². The zero-order valence-electron chi connectivity index (χ0n) is 11.6. The van der Waals surface area contributed by atoms with Gasteiger partial charge in [-0.2, -0.15) is 0 Å². The molecule has 1 nitrogen and oxygen atoms in total. The van der Waals surface area contributed by atoms with Gasteiger partial charge < -0.3 is 5.73 Å². The first kappa shape index (κ1) is 14.0. The molecule has 1 fully saturated rings. The predicted octanol–water partition coefficient (Wildman–Crippen LogP) is 4.30. The fourth-order valence-corrected chi connectivity index (χ4v) is 3.78. The summed E-state index contributed by atoms with van der Waals surface area (Å²) in [6.45, 7) is 4.35. The third-order valence-corrected chi connectivity index (χ3v) is 5.31. The summed E-state index contributed by atoms with van der Waals surface area (Å²) in [6, 6.07) is 7.09. The van der Waals surface area contributed by atoms with Crippen molar-refractivity contribution in [2.45, 2.75) is 56.9 Å². The molecule has 0 saturated heterocycles. The molecule has 2 heteroatoms. The molecule has 0 aliphatic heterocycles. The third-order valence-electron chi connectivity index (χ3n) is 4.18. The zero-order valence-corrected chi connectivity index (χ0v) is 12.4. The second-order valence-corrected chi connectivity index (χ2v) is 6.71. The molecule has 0 radical (unpaired) electrons. The highest BCUT2D eigenvalue weighted by atomic mass is 32.2. The smallest absolute Gasteiger partial charge is 0.0162 e. The summed E-state index contributed by atoms with van der Waals surface area (Å²) in [5.41, 5.74) is 9.10. The van der Waals surface area contributed by atoms with Crippen LogP contribution >= 0.6 is 11.8 Å². The lowest BCUT2D eigenvalue weighted by Crippen LogP contribution is -2.33. The fraction of sp³-hybridized carbons (Fsp3) is 0.625. The van der Waals surface area contributed by atoms with Gasteiger partial charge in [-0.05, 0) is 55.9 Å². The molecule has 18 heavy (non-hydrogen) atoms. The largest absolute Gasteiger partial charge is 0.327 e. The predicted molar refractivity (Wildman–Crippen MR) is 81.2 cm³/mol. The molecule has 1 atom stereocenters. The number of hydrogen-bond donors (Lipinski definition) is 1. The summed E-state index contributed by atoms with van der Waals surface area (Å²) in [7, 11) is 0. The molecule has 0 heterocycles. The van der Waals surface area contributed by atoms with E-state index < -0.39 is 0 Å². The van der Waals surface area contributed by atoms with E-state index in [1.54, 1.807) is 0 Å². The van der Waals surface area contributed by atoms with Crippen LogP contribution in [0.25, 0.3) is 0 Å². The minimum atomic E-state index is 0.372. The van der Waals surface area contributed by atoms with Crippen LogP contribution in [0.3, 0.4) is 0 Å². The lowest BCUT2D eigenvalue weighted by molar-refractivity contribution is 0.319. The number of thioether (sulfide) groups is 1. The summed E-state index contributed by atoms with van der Waals surface area (Å²) in [5, 5.41) is 0. The average molecular weight is 263 g/mol. The van der Waals surface area contributed by atoms with Gasteiger partial charge in [-0.1, -0.05) is 25.3 Å². The van der Waals surface area contributed by atoms with Crippen molar-refractivity contribution in [1.82, 2.24) is 0 Å². The van der Waals surface area contributed by atoms with E-state index in [9.17, 15) is 0 Å². The van der Waals surface area contributed by atoms with Crippen molar-refractivity contribution in [3.8, 4) is 0 Å². The van der Waals surface area contributed by atoms with Crippen molar-refractivity contribution in [3.05, 3.63) is 29.3 Å². The van der Waals surface area contributed by atoms with Gasteiger partial charge in [-0.15, -0.1) is 11.8 Å². The molecule has 0 bridgehead atoms. The Labute approximate surface area is 116 Å². The number of nitrogens with two attached hydrogens (primary N) is 1. The van der Waals surface area contributed by atoms with Crippen LogP contribution < -0.4 is 5.73 Å². The normalized spacial score (nSPS) is 18.8. The molecular weight excluding hydrogens is 238 g/mol. The van der Waals surface area contributed by atoms with Crippen molar-refractivity contribution in [1.29, 1.82) is 0 Å². The zero-order chi connectivity index (χ0) is 13.0. The van der Waals surface area contributed by atoms with Crippen LogP contribution in [-0.2, 0) is 0 Å². The maximum Gasteiger partial charge on any atom is 0.0162 e. The molecule has 0 aromatic heterocycles. The van der Waals surface area contributed by atoms with Crippen molar-refractivity contribution >= 4 is 11.8 Å². The van der Waals surface area contributed by atoms with Crippen LogP contribution in [0.15, 0.2) is 23.1 Å². The van der Waals surface area contributed by atoms with E-state index in [0.717, 1.165) is 11.7 Å². The van der Waals surface area contributed by atoms with Crippen molar-refractivity contribution in [2.75, 3.05) is 5.75 Å². The summed E-state index contributed by atoms with van der Waals surface area (Å²) < 4.78 is 0. The molecule has 100 valence electrons. The van der Waals surface area contributed by atoms with E-state index in [2.05, 4.69) is 32.0 Å². The molecule has 1 aliphatic carbocycles. The second kappa shape index (κ2) is 6.63. The minimum Gasteiger partial charge on any atom is -0.327 e. The van der Waals surface area contributed by atoms with Gasteiger partial charge in [0.2, 0.25) is 0 Å². The molecule has 1 unspecified atom stereocenters. The molecule has 1 aromatic carbocycles. The Morgan fingerprint density at radius 2 is 1.89 bits per heavy atom. The molecule has 1 aliphatic rings. The van der Waals surface area contributed by atoms with Crippen LogP contribution in [0.4, 0.5) is 0 Å². The number of benzene rings is 1.